The Kier molecular flexibility index (Phi) is 6.13. The number of ether oxygens (including phenoxy) is 4. The number of amides is 1. The number of benzene rings is 2. The highest BCUT2D eigenvalue weighted by molar-refractivity contribution is 7.92. The highest BCUT2D eigenvalue weighted by atomic mass is 32.2. The first-order chi connectivity index (χ1) is 16.4. The van der Waals surface area contributed by atoms with Crippen LogP contribution in [0.5, 0.6) is 23.0 Å². The zero-order valence-corrected chi connectivity index (χ0v) is 19.8. The van der Waals surface area contributed by atoms with Gasteiger partial charge in [0.05, 0.1) is 11.4 Å². The molecule has 3 aliphatic heterocycles. The lowest BCUT2D eigenvalue weighted by atomic mass is 10.1. The Bertz CT molecular complexity index is 1180. The summed E-state index contributed by atoms with van der Waals surface area (Å²) in [6.07, 6.45) is 0. The van der Waals surface area contributed by atoms with Gasteiger partial charge >= 0.3 is 0 Å². The van der Waals surface area contributed by atoms with Crippen LogP contribution in [-0.2, 0) is 21.4 Å². The van der Waals surface area contributed by atoms with Gasteiger partial charge in [-0.3, -0.25) is 14.0 Å². The second-order valence-electron chi connectivity index (χ2n) is 8.29. The minimum atomic E-state index is -3.66. The summed E-state index contributed by atoms with van der Waals surface area (Å²) < 4.78 is 48.3. The highest BCUT2D eigenvalue weighted by Crippen LogP contribution is 2.36. The van der Waals surface area contributed by atoms with E-state index in [0.717, 1.165) is 27.9 Å². The summed E-state index contributed by atoms with van der Waals surface area (Å²) in [7, 11) is -3.66. The van der Waals surface area contributed by atoms with E-state index in [4.69, 9.17) is 18.9 Å². The lowest BCUT2D eigenvalue weighted by Crippen LogP contribution is -2.51. The van der Waals surface area contributed by atoms with Crippen molar-refractivity contribution in [3.63, 3.8) is 0 Å². The van der Waals surface area contributed by atoms with Gasteiger partial charge in [-0.05, 0) is 36.8 Å². The molecule has 3 heterocycles. The Hall–Kier alpha value is -3.18. The van der Waals surface area contributed by atoms with Crippen molar-refractivity contribution in [2.75, 3.05) is 56.4 Å². The molecule has 0 atom stereocenters. The Balaban J connectivity index is 1.21. The summed E-state index contributed by atoms with van der Waals surface area (Å²) in [6, 6.07) is 10.8. The molecule has 0 aromatic heterocycles. The third kappa shape index (κ3) is 4.58. The fourth-order valence-electron chi connectivity index (χ4n) is 4.22. The van der Waals surface area contributed by atoms with E-state index in [1.165, 1.54) is 0 Å². The van der Waals surface area contributed by atoms with Crippen molar-refractivity contribution >= 4 is 21.6 Å². The van der Waals surface area contributed by atoms with Crippen LogP contribution in [-0.4, -0.2) is 76.2 Å². The molecular weight excluding hydrogens is 462 g/mol. The van der Waals surface area contributed by atoms with Crippen LogP contribution in [0.2, 0.25) is 0 Å². The number of nitrogens with zero attached hydrogens (tertiary/aromatic N) is 3. The normalized spacial score (nSPS) is 17.1. The quantitative estimate of drug-likeness (QED) is 0.579. The first-order valence-corrected chi connectivity index (χ1v) is 12.8. The van der Waals surface area contributed by atoms with Crippen LogP contribution in [0.4, 0.5) is 5.69 Å². The van der Waals surface area contributed by atoms with Gasteiger partial charge in [0.2, 0.25) is 29.5 Å². The molecule has 2 aromatic rings. The summed E-state index contributed by atoms with van der Waals surface area (Å²) in [4.78, 5) is 17.1. The van der Waals surface area contributed by atoms with Gasteiger partial charge in [0.1, 0.15) is 6.54 Å². The fourth-order valence-corrected chi connectivity index (χ4v) is 5.28. The van der Waals surface area contributed by atoms with Gasteiger partial charge in [-0.25, -0.2) is 8.42 Å². The molecule has 0 bridgehead atoms. The smallest absolute Gasteiger partial charge is 0.243 e. The molecule has 3 aliphatic rings. The van der Waals surface area contributed by atoms with Gasteiger partial charge in [0, 0.05) is 38.8 Å². The maximum absolute atomic E-state index is 13.1. The summed E-state index contributed by atoms with van der Waals surface area (Å²) in [5.74, 6) is 2.21. The van der Waals surface area contributed by atoms with E-state index < -0.39 is 10.0 Å². The number of piperazine rings is 1. The SMILES string of the molecule is CCS(=O)(=O)N(CC(=O)N1CCN(Cc2ccc3c(c2)OCO3)CC1)c1ccc2c(c1)OCO2. The van der Waals surface area contributed by atoms with Gasteiger partial charge in [-0.2, -0.15) is 0 Å². The number of carbonyl (C=O) groups is 1. The number of hydrogen-bond donors (Lipinski definition) is 0. The molecule has 5 rings (SSSR count). The Morgan fingerprint density at radius 1 is 0.882 bits per heavy atom. The second-order valence-corrected chi connectivity index (χ2v) is 10.5. The van der Waals surface area contributed by atoms with Crippen molar-refractivity contribution in [1.29, 1.82) is 0 Å². The zero-order valence-electron chi connectivity index (χ0n) is 18.9. The van der Waals surface area contributed by atoms with E-state index in [9.17, 15) is 13.2 Å². The van der Waals surface area contributed by atoms with Crippen molar-refractivity contribution in [3.05, 3.63) is 42.0 Å². The average Bonchev–Trinajstić information content (AvgIpc) is 3.51. The largest absolute Gasteiger partial charge is 0.454 e. The molecule has 1 amide bonds. The summed E-state index contributed by atoms with van der Waals surface area (Å²) in [5, 5.41) is 0. The molecule has 2 aromatic carbocycles. The molecule has 10 nitrogen and oxygen atoms in total. The summed E-state index contributed by atoms with van der Waals surface area (Å²) >= 11 is 0. The molecule has 1 fully saturated rings. The third-order valence-corrected chi connectivity index (χ3v) is 7.93. The van der Waals surface area contributed by atoms with Crippen molar-refractivity contribution in [2.24, 2.45) is 0 Å². The number of hydrogen-bond acceptors (Lipinski definition) is 8. The van der Waals surface area contributed by atoms with Crippen LogP contribution in [0.3, 0.4) is 0 Å². The van der Waals surface area contributed by atoms with E-state index in [2.05, 4.69) is 4.90 Å². The van der Waals surface area contributed by atoms with Crippen molar-refractivity contribution in [2.45, 2.75) is 13.5 Å². The molecule has 0 saturated carbocycles. The summed E-state index contributed by atoms with van der Waals surface area (Å²) in [6.45, 7) is 4.86. The minimum Gasteiger partial charge on any atom is -0.454 e. The van der Waals surface area contributed by atoms with Crippen LogP contribution in [0.1, 0.15) is 12.5 Å². The maximum atomic E-state index is 13.1. The van der Waals surface area contributed by atoms with Gasteiger partial charge in [-0.15, -0.1) is 0 Å². The topological polar surface area (TPSA) is 97.9 Å². The predicted molar refractivity (Wildman–Crippen MR) is 124 cm³/mol. The Labute approximate surface area is 198 Å². The standard InChI is InChI=1S/C23H27N3O7S/c1-2-34(28,29)26(18-4-6-20-22(12-18)33-16-31-20)14-23(27)25-9-7-24(8-10-25)13-17-3-5-19-21(11-17)32-15-30-19/h3-6,11-12H,2,7-10,13-16H2,1H3. The van der Waals surface area contributed by atoms with Gasteiger partial charge in [0.15, 0.2) is 23.0 Å². The van der Waals surface area contributed by atoms with E-state index in [0.29, 0.717) is 43.4 Å². The van der Waals surface area contributed by atoms with Crippen LogP contribution >= 0.6 is 0 Å². The van der Waals surface area contributed by atoms with E-state index in [-0.39, 0.29) is 31.8 Å². The van der Waals surface area contributed by atoms with Crippen molar-refractivity contribution < 1.29 is 32.2 Å². The number of anilines is 1. The Morgan fingerprint density at radius 2 is 1.50 bits per heavy atom. The van der Waals surface area contributed by atoms with E-state index >= 15 is 0 Å². The third-order valence-electron chi connectivity index (χ3n) is 6.19. The zero-order chi connectivity index (χ0) is 23.7. The minimum absolute atomic E-state index is 0.0920. The molecule has 0 N–H and O–H groups in total. The lowest BCUT2D eigenvalue weighted by Gasteiger charge is -2.36. The van der Waals surface area contributed by atoms with Crippen LogP contribution in [0, 0.1) is 0 Å². The molecule has 1 saturated heterocycles. The number of rotatable bonds is 7. The Morgan fingerprint density at radius 3 is 2.18 bits per heavy atom. The molecule has 182 valence electrons. The van der Waals surface area contributed by atoms with E-state index in [1.807, 2.05) is 18.2 Å². The first-order valence-electron chi connectivity index (χ1n) is 11.2. The molecule has 0 spiro atoms. The van der Waals surface area contributed by atoms with Gasteiger partial charge in [0.25, 0.3) is 0 Å². The van der Waals surface area contributed by atoms with E-state index in [1.54, 1.807) is 30.0 Å². The average molecular weight is 490 g/mol. The predicted octanol–water partition coefficient (Wildman–Crippen LogP) is 1.64. The first kappa shape index (κ1) is 22.6. The molecule has 11 heteroatoms. The van der Waals surface area contributed by atoms with Gasteiger partial charge in [-0.1, -0.05) is 6.07 Å². The maximum Gasteiger partial charge on any atom is 0.243 e. The van der Waals surface area contributed by atoms with Crippen molar-refractivity contribution in [1.82, 2.24) is 9.80 Å². The molecule has 0 aliphatic carbocycles. The van der Waals surface area contributed by atoms with Crippen LogP contribution < -0.4 is 23.3 Å². The number of sulfonamides is 1. The monoisotopic (exact) mass is 489 g/mol. The molecule has 0 radical (unpaired) electrons. The number of carbonyl (C=O) groups excluding carboxylic acids is 1. The second kappa shape index (κ2) is 9.22. The fraction of sp³-hybridized carbons (Fsp3) is 0.435. The molecular formula is C23H27N3O7S. The highest BCUT2D eigenvalue weighted by Gasteiger charge is 2.29. The summed E-state index contributed by atoms with van der Waals surface area (Å²) in [5.41, 5.74) is 1.51. The van der Waals surface area contributed by atoms with Crippen LogP contribution in [0.15, 0.2) is 36.4 Å². The molecule has 34 heavy (non-hydrogen) atoms. The van der Waals surface area contributed by atoms with Crippen molar-refractivity contribution in [3.8, 4) is 23.0 Å². The van der Waals surface area contributed by atoms with Gasteiger partial charge < -0.3 is 23.8 Å². The molecule has 0 unspecified atom stereocenters. The van der Waals surface area contributed by atoms with Crippen LogP contribution in [0.25, 0.3) is 0 Å². The lowest BCUT2D eigenvalue weighted by molar-refractivity contribution is -0.131. The number of fused-ring (bicyclic) bond motifs is 2.